The third-order valence-corrected chi connectivity index (χ3v) is 2.34. The molecule has 0 radical (unpaired) electrons. The lowest BCUT2D eigenvalue weighted by atomic mass is 10.4. The second-order valence-electron chi connectivity index (χ2n) is 3.39. The van der Waals surface area contributed by atoms with Crippen LogP contribution in [0.1, 0.15) is 0 Å². The summed E-state index contributed by atoms with van der Waals surface area (Å²) in [6, 6.07) is 3.13. The number of nitrogens with zero attached hydrogens (tertiary/aromatic N) is 2. The Morgan fingerprint density at radius 1 is 1.50 bits per heavy atom. The molecule has 16 heavy (non-hydrogen) atoms. The third kappa shape index (κ3) is 3.69. The van der Waals surface area contributed by atoms with E-state index in [-0.39, 0.29) is 12.2 Å². The van der Waals surface area contributed by atoms with Crippen molar-refractivity contribution in [1.82, 2.24) is 9.47 Å². The number of rotatable bonds is 3. The van der Waals surface area contributed by atoms with Gasteiger partial charge in [0.25, 0.3) is 5.56 Å². The highest BCUT2D eigenvalue weighted by atomic mass is 79.9. The molecule has 0 aliphatic heterocycles. The molecule has 1 rings (SSSR count). The summed E-state index contributed by atoms with van der Waals surface area (Å²) in [7, 11) is 3.21. The van der Waals surface area contributed by atoms with E-state index in [1.165, 1.54) is 15.5 Å². The minimum atomic E-state index is -0.414. The number of amides is 1. The van der Waals surface area contributed by atoms with Crippen LogP contribution in [0.2, 0.25) is 0 Å². The van der Waals surface area contributed by atoms with Gasteiger partial charge in [0.2, 0.25) is 0 Å². The molecular formula is C10H13BrN2O3. The number of hydrogen-bond acceptors (Lipinski definition) is 3. The Labute approximate surface area is 102 Å². The molecule has 0 saturated carbocycles. The Kier molecular flexibility index (Phi) is 4.54. The van der Waals surface area contributed by atoms with Gasteiger partial charge in [-0.05, 0) is 22.0 Å². The summed E-state index contributed by atoms with van der Waals surface area (Å²) >= 11 is 3.26. The highest BCUT2D eigenvalue weighted by Crippen LogP contribution is 2.04. The zero-order valence-corrected chi connectivity index (χ0v) is 10.7. The fourth-order valence-corrected chi connectivity index (χ4v) is 1.42. The Hall–Kier alpha value is -1.30. The summed E-state index contributed by atoms with van der Waals surface area (Å²) in [5, 5.41) is 0. The topological polar surface area (TPSA) is 51.5 Å². The van der Waals surface area contributed by atoms with Crippen LogP contribution in [-0.4, -0.2) is 36.3 Å². The standard InChI is InChI=1S/C10H13BrN2O3/c1-12(2)10(15)16-6-5-13-7-8(11)3-4-9(13)14/h3-4,7H,5-6H2,1-2H3. The molecule has 0 saturated heterocycles. The Morgan fingerprint density at radius 2 is 2.19 bits per heavy atom. The van der Waals surface area contributed by atoms with Crippen molar-refractivity contribution in [2.75, 3.05) is 20.7 Å². The smallest absolute Gasteiger partial charge is 0.409 e. The Morgan fingerprint density at radius 3 is 2.81 bits per heavy atom. The lowest BCUT2D eigenvalue weighted by molar-refractivity contribution is 0.114. The highest BCUT2D eigenvalue weighted by molar-refractivity contribution is 9.10. The first kappa shape index (κ1) is 12.8. The first-order chi connectivity index (χ1) is 7.50. The van der Waals surface area contributed by atoms with Crippen molar-refractivity contribution in [2.45, 2.75) is 6.54 Å². The zero-order valence-electron chi connectivity index (χ0n) is 9.14. The van der Waals surface area contributed by atoms with E-state index in [0.717, 1.165) is 4.47 Å². The molecule has 0 aromatic carbocycles. The summed E-state index contributed by atoms with van der Waals surface area (Å²) in [4.78, 5) is 23.8. The van der Waals surface area contributed by atoms with E-state index >= 15 is 0 Å². The van der Waals surface area contributed by atoms with Gasteiger partial charge in [-0.1, -0.05) is 0 Å². The van der Waals surface area contributed by atoms with Gasteiger partial charge in [-0.2, -0.15) is 0 Å². The molecule has 0 N–H and O–H groups in total. The monoisotopic (exact) mass is 288 g/mol. The average Bonchev–Trinajstić information content (AvgIpc) is 2.22. The zero-order chi connectivity index (χ0) is 12.1. The minimum Gasteiger partial charge on any atom is -0.448 e. The van der Waals surface area contributed by atoms with Gasteiger partial charge in [0.05, 0.1) is 6.54 Å². The average molecular weight is 289 g/mol. The van der Waals surface area contributed by atoms with Crippen LogP contribution < -0.4 is 5.56 Å². The lowest BCUT2D eigenvalue weighted by Gasteiger charge is -2.11. The van der Waals surface area contributed by atoms with E-state index in [1.54, 1.807) is 26.4 Å². The molecule has 1 aromatic heterocycles. The van der Waals surface area contributed by atoms with Gasteiger partial charge < -0.3 is 14.2 Å². The molecular weight excluding hydrogens is 276 g/mol. The second kappa shape index (κ2) is 5.69. The Balaban J connectivity index is 2.52. The van der Waals surface area contributed by atoms with Gasteiger partial charge in [0.15, 0.2) is 0 Å². The molecule has 1 aromatic rings. The SMILES string of the molecule is CN(C)C(=O)OCCn1cc(Br)ccc1=O. The molecule has 0 aliphatic rings. The van der Waals surface area contributed by atoms with Crippen molar-refractivity contribution in [3.63, 3.8) is 0 Å². The third-order valence-electron chi connectivity index (χ3n) is 1.87. The maximum atomic E-state index is 11.4. The maximum Gasteiger partial charge on any atom is 0.409 e. The quantitative estimate of drug-likeness (QED) is 0.843. The van der Waals surface area contributed by atoms with Crippen molar-refractivity contribution in [3.05, 3.63) is 33.2 Å². The number of ether oxygens (including phenoxy) is 1. The number of pyridine rings is 1. The largest absolute Gasteiger partial charge is 0.448 e. The van der Waals surface area contributed by atoms with Gasteiger partial charge in [0.1, 0.15) is 6.61 Å². The predicted octanol–water partition coefficient (Wildman–Crippen LogP) is 1.31. The van der Waals surface area contributed by atoms with Crippen LogP contribution in [-0.2, 0) is 11.3 Å². The van der Waals surface area contributed by atoms with Crippen LogP contribution in [0.5, 0.6) is 0 Å². The number of hydrogen-bond donors (Lipinski definition) is 0. The molecule has 0 unspecified atom stereocenters. The molecule has 88 valence electrons. The molecule has 1 heterocycles. The first-order valence-electron chi connectivity index (χ1n) is 4.71. The van der Waals surface area contributed by atoms with Crippen molar-refractivity contribution in [2.24, 2.45) is 0 Å². The molecule has 0 fully saturated rings. The van der Waals surface area contributed by atoms with Crippen LogP contribution in [0.3, 0.4) is 0 Å². The van der Waals surface area contributed by atoms with E-state index in [4.69, 9.17) is 4.74 Å². The lowest BCUT2D eigenvalue weighted by Crippen LogP contribution is -2.26. The number of halogens is 1. The van der Waals surface area contributed by atoms with E-state index < -0.39 is 6.09 Å². The molecule has 0 spiro atoms. The van der Waals surface area contributed by atoms with Gasteiger partial charge in [-0.3, -0.25) is 4.79 Å². The van der Waals surface area contributed by atoms with Crippen LogP contribution >= 0.6 is 15.9 Å². The number of carbonyl (C=O) groups is 1. The first-order valence-corrected chi connectivity index (χ1v) is 5.50. The van der Waals surface area contributed by atoms with E-state index in [2.05, 4.69) is 15.9 Å². The van der Waals surface area contributed by atoms with Crippen LogP contribution in [0, 0.1) is 0 Å². The summed E-state index contributed by atoms with van der Waals surface area (Å²) in [6.07, 6.45) is 1.24. The second-order valence-corrected chi connectivity index (χ2v) is 4.30. The fourth-order valence-electron chi connectivity index (χ4n) is 1.04. The van der Waals surface area contributed by atoms with Gasteiger partial charge >= 0.3 is 6.09 Å². The summed E-state index contributed by atoms with van der Waals surface area (Å²) < 4.78 is 7.20. The fraction of sp³-hybridized carbons (Fsp3) is 0.400. The predicted molar refractivity (Wildman–Crippen MR) is 63.4 cm³/mol. The minimum absolute atomic E-state index is 0.121. The van der Waals surface area contributed by atoms with Gasteiger partial charge in [-0.25, -0.2) is 4.79 Å². The Bertz CT molecular complexity index is 428. The number of aromatic nitrogens is 1. The highest BCUT2D eigenvalue weighted by Gasteiger charge is 2.04. The number of carbonyl (C=O) groups excluding carboxylic acids is 1. The van der Waals surface area contributed by atoms with Gasteiger partial charge in [0, 0.05) is 30.8 Å². The molecule has 0 atom stereocenters. The van der Waals surface area contributed by atoms with Gasteiger partial charge in [-0.15, -0.1) is 0 Å². The van der Waals surface area contributed by atoms with Crippen molar-refractivity contribution >= 4 is 22.0 Å². The molecule has 6 heteroatoms. The summed E-state index contributed by atoms with van der Waals surface area (Å²) in [6.45, 7) is 0.519. The van der Waals surface area contributed by atoms with Crippen molar-refractivity contribution in [1.29, 1.82) is 0 Å². The summed E-state index contributed by atoms with van der Waals surface area (Å²) in [5.41, 5.74) is -0.121. The normalized spacial score (nSPS) is 9.94. The van der Waals surface area contributed by atoms with E-state index in [9.17, 15) is 9.59 Å². The molecule has 0 bridgehead atoms. The van der Waals surface area contributed by atoms with Crippen molar-refractivity contribution in [3.8, 4) is 0 Å². The van der Waals surface area contributed by atoms with Crippen LogP contribution in [0.4, 0.5) is 4.79 Å². The van der Waals surface area contributed by atoms with Crippen LogP contribution in [0.25, 0.3) is 0 Å². The van der Waals surface area contributed by atoms with Crippen molar-refractivity contribution < 1.29 is 9.53 Å². The molecule has 1 amide bonds. The maximum absolute atomic E-state index is 11.4. The van der Waals surface area contributed by atoms with E-state index in [0.29, 0.717) is 6.54 Å². The van der Waals surface area contributed by atoms with E-state index in [1.807, 2.05) is 0 Å². The summed E-state index contributed by atoms with van der Waals surface area (Å²) in [5.74, 6) is 0. The molecule has 0 aliphatic carbocycles. The molecule has 5 nitrogen and oxygen atoms in total. The van der Waals surface area contributed by atoms with Crippen LogP contribution in [0.15, 0.2) is 27.6 Å².